The summed E-state index contributed by atoms with van der Waals surface area (Å²) < 4.78 is 59.5. The molecule has 142 valence electrons. The van der Waals surface area contributed by atoms with E-state index in [1.165, 1.54) is 0 Å². The molecule has 24 heavy (non-hydrogen) atoms. The predicted molar refractivity (Wildman–Crippen MR) is 94.0 cm³/mol. The first-order valence-corrected chi connectivity index (χ1v) is 10.6. The van der Waals surface area contributed by atoms with Crippen LogP contribution in [0.25, 0.3) is 0 Å². The van der Waals surface area contributed by atoms with Gasteiger partial charge in [-0.3, -0.25) is 18.9 Å². The molecule has 10 nitrogen and oxygen atoms in total. The minimum absolute atomic E-state index is 0.269. The monoisotopic (exact) mass is 386 g/mol. The molecule has 0 unspecified atom stereocenters. The quantitative estimate of drug-likeness (QED) is 0.338. The highest BCUT2D eigenvalue weighted by atomic mass is 32.2. The third-order valence-corrected chi connectivity index (χ3v) is 4.49. The first kappa shape index (κ1) is 23.1. The van der Waals surface area contributed by atoms with Gasteiger partial charge >= 0.3 is 0 Å². The molecule has 1 aliphatic heterocycles. The Balaban J connectivity index is 0.000000754. The second kappa shape index (κ2) is 11.6. The first-order valence-electron chi connectivity index (χ1n) is 7.38. The van der Waals surface area contributed by atoms with Gasteiger partial charge < -0.3 is 0 Å². The van der Waals surface area contributed by atoms with E-state index in [0.29, 0.717) is 26.2 Å². The van der Waals surface area contributed by atoms with Crippen molar-refractivity contribution in [3.63, 3.8) is 0 Å². The molecule has 0 amide bonds. The van der Waals surface area contributed by atoms with Crippen LogP contribution in [-0.2, 0) is 20.2 Å². The summed E-state index contributed by atoms with van der Waals surface area (Å²) in [7, 11) is -7.87. The lowest BCUT2D eigenvalue weighted by atomic mass is 10.3. The van der Waals surface area contributed by atoms with E-state index in [4.69, 9.17) is 9.11 Å². The number of hydrogen-bond donors (Lipinski definition) is 2. The Kier molecular flexibility index (Phi) is 11.2. The molecule has 1 rings (SSSR count). The van der Waals surface area contributed by atoms with Crippen LogP contribution >= 0.6 is 0 Å². The van der Waals surface area contributed by atoms with E-state index in [1.54, 1.807) is 12.4 Å². The van der Waals surface area contributed by atoms with E-state index in [9.17, 15) is 16.8 Å². The highest BCUT2D eigenvalue weighted by molar-refractivity contribution is 7.86. The molecular weight excluding hydrogens is 360 g/mol. The van der Waals surface area contributed by atoms with Crippen LogP contribution in [0.4, 0.5) is 0 Å². The van der Waals surface area contributed by atoms with E-state index in [0.717, 1.165) is 0 Å². The number of rotatable bonds is 7. The Morgan fingerprint density at radius 3 is 1.29 bits per heavy atom. The van der Waals surface area contributed by atoms with Gasteiger partial charge in [-0.2, -0.15) is 27.0 Å². The molecule has 0 radical (unpaired) electrons. The minimum Gasteiger partial charge on any atom is -0.300 e. The van der Waals surface area contributed by atoms with Crippen LogP contribution in [-0.4, -0.2) is 98.9 Å². The Morgan fingerprint density at radius 2 is 1.08 bits per heavy atom. The maximum absolute atomic E-state index is 10.6. The first-order chi connectivity index (χ1) is 11.1. The van der Waals surface area contributed by atoms with Gasteiger partial charge in [-0.05, 0) is 13.8 Å². The van der Waals surface area contributed by atoms with E-state index < -0.39 is 20.2 Å². The smallest absolute Gasteiger partial charge is 0.266 e. The van der Waals surface area contributed by atoms with E-state index in [-0.39, 0.29) is 24.6 Å². The van der Waals surface area contributed by atoms with Crippen LogP contribution in [0.15, 0.2) is 10.2 Å². The van der Waals surface area contributed by atoms with Crippen molar-refractivity contribution < 1.29 is 25.9 Å². The summed E-state index contributed by atoms with van der Waals surface area (Å²) in [6, 6.07) is 0. The summed E-state index contributed by atoms with van der Waals surface area (Å²) in [5, 5.41) is 7.07. The molecule has 0 aromatic heterocycles. The zero-order chi connectivity index (χ0) is 18.6. The molecule has 0 aliphatic carbocycles. The van der Waals surface area contributed by atoms with Crippen LogP contribution in [0.3, 0.4) is 0 Å². The fourth-order valence-electron chi connectivity index (χ4n) is 1.86. The van der Waals surface area contributed by atoms with Crippen LogP contribution in [0, 0.1) is 0 Å². The summed E-state index contributed by atoms with van der Waals surface area (Å²) in [6.07, 6.45) is 3.28. The molecule has 0 aromatic carbocycles. The third-order valence-electron chi connectivity index (χ3n) is 3.09. The lowest BCUT2D eigenvalue weighted by Crippen LogP contribution is -2.48. The largest absolute Gasteiger partial charge is 0.300 e. The fourth-order valence-corrected chi connectivity index (χ4v) is 2.84. The standard InChI is InChI=1S/C8H18N2O6S2.C4H8N2/c11-17(12,13)7-5-9-1-2-10(4-3-9)6-8-18(14,15)16;1-3-5-6-4-2/h1-8H2,(H,11,12,13)(H,14,15,16);3-4H,1-2H3/b;5-3+,6-4+. The molecule has 1 aliphatic rings. The number of piperazine rings is 1. The molecule has 0 spiro atoms. The lowest BCUT2D eigenvalue weighted by molar-refractivity contribution is 0.143. The van der Waals surface area contributed by atoms with E-state index in [1.807, 2.05) is 23.6 Å². The highest BCUT2D eigenvalue weighted by Crippen LogP contribution is 2.02. The summed E-state index contributed by atoms with van der Waals surface area (Å²) in [5.41, 5.74) is 0. The molecule has 0 atom stereocenters. The van der Waals surface area contributed by atoms with Gasteiger partial charge in [-0.25, -0.2) is 0 Å². The van der Waals surface area contributed by atoms with Crippen molar-refractivity contribution in [1.29, 1.82) is 0 Å². The Bertz CT molecular complexity index is 541. The lowest BCUT2D eigenvalue weighted by Gasteiger charge is -2.34. The highest BCUT2D eigenvalue weighted by Gasteiger charge is 2.19. The Hall–Kier alpha value is -0.920. The Labute approximate surface area is 143 Å². The maximum Gasteiger partial charge on any atom is 0.266 e. The molecule has 0 bridgehead atoms. The van der Waals surface area contributed by atoms with Gasteiger partial charge in [0.15, 0.2) is 0 Å². The zero-order valence-electron chi connectivity index (χ0n) is 13.9. The molecule has 1 fully saturated rings. The van der Waals surface area contributed by atoms with E-state index >= 15 is 0 Å². The molecule has 2 N–H and O–H groups in total. The second-order valence-corrected chi connectivity index (χ2v) is 8.15. The van der Waals surface area contributed by atoms with Crippen LogP contribution in [0.5, 0.6) is 0 Å². The van der Waals surface area contributed by atoms with Crippen molar-refractivity contribution in [3.8, 4) is 0 Å². The average Bonchev–Trinajstić information content (AvgIpc) is 2.49. The topological polar surface area (TPSA) is 140 Å². The van der Waals surface area contributed by atoms with Crippen molar-refractivity contribution in [2.24, 2.45) is 10.2 Å². The Morgan fingerprint density at radius 1 is 0.792 bits per heavy atom. The van der Waals surface area contributed by atoms with Gasteiger partial charge in [-0.15, -0.1) is 0 Å². The van der Waals surface area contributed by atoms with Crippen molar-refractivity contribution >= 4 is 32.7 Å². The van der Waals surface area contributed by atoms with Gasteiger partial charge in [0.05, 0.1) is 11.5 Å². The normalized spacial score (nSPS) is 18.0. The van der Waals surface area contributed by atoms with Crippen molar-refractivity contribution in [2.75, 3.05) is 50.8 Å². The van der Waals surface area contributed by atoms with Crippen molar-refractivity contribution in [2.45, 2.75) is 13.8 Å². The summed E-state index contributed by atoms with van der Waals surface area (Å²) in [6.45, 7) is 6.64. The molecule has 12 heteroatoms. The molecule has 0 saturated carbocycles. The van der Waals surface area contributed by atoms with Gasteiger partial charge in [0.2, 0.25) is 0 Å². The predicted octanol–water partition coefficient (Wildman–Crippen LogP) is -0.538. The van der Waals surface area contributed by atoms with Gasteiger partial charge in [0, 0.05) is 51.7 Å². The second-order valence-electron chi connectivity index (χ2n) is 5.00. The molecule has 0 aromatic rings. The molecule has 1 saturated heterocycles. The van der Waals surface area contributed by atoms with Gasteiger partial charge in [0.25, 0.3) is 20.2 Å². The summed E-state index contributed by atoms with van der Waals surface area (Å²) >= 11 is 0. The minimum atomic E-state index is -3.93. The maximum atomic E-state index is 10.6. The zero-order valence-corrected chi connectivity index (χ0v) is 15.6. The van der Waals surface area contributed by atoms with Gasteiger partial charge in [-0.1, -0.05) is 0 Å². The van der Waals surface area contributed by atoms with Crippen LogP contribution < -0.4 is 0 Å². The average molecular weight is 386 g/mol. The summed E-state index contributed by atoms with van der Waals surface area (Å²) in [5.74, 6) is -0.587. The SMILES string of the molecule is C/C=N/N=C/C.O=S(=O)(O)CCN1CCN(CCS(=O)(=O)O)CC1. The molecule has 1 heterocycles. The van der Waals surface area contributed by atoms with Gasteiger partial charge in [0.1, 0.15) is 0 Å². The van der Waals surface area contributed by atoms with E-state index in [2.05, 4.69) is 10.2 Å². The summed E-state index contributed by atoms with van der Waals surface area (Å²) in [4.78, 5) is 3.77. The fraction of sp³-hybridized carbons (Fsp3) is 0.833. The van der Waals surface area contributed by atoms with Crippen molar-refractivity contribution in [1.82, 2.24) is 9.80 Å². The molecular formula is C12H26N4O6S2. The van der Waals surface area contributed by atoms with Crippen molar-refractivity contribution in [3.05, 3.63) is 0 Å². The van der Waals surface area contributed by atoms with Crippen LogP contribution in [0.2, 0.25) is 0 Å². The third kappa shape index (κ3) is 14.7. The number of hydrogen-bond acceptors (Lipinski definition) is 8. The number of nitrogens with zero attached hydrogens (tertiary/aromatic N) is 4. The van der Waals surface area contributed by atoms with Crippen LogP contribution in [0.1, 0.15) is 13.8 Å².